The minimum atomic E-state index is -4.37. The minimum absolute atomic E-state index is 0.438. The van der Waals surface area contributed by atoms with Crippen molar-refractivity contribution in [3.63, 3.8) is 0 Å². The van der Waals surface area contributed by atoms with E-state index in [-0.39, 0.29) is 0 Å². The summed E-state index contributed by atoms with van der Waals surface area (Å²) in [5.41, 5.74) is 1.38. The van der Waals surface area contributed by atoms with Gasteiger partial charge in [-0.1, -0.05) is 30.3 Å². The molecule has 22 heavy (non-hydrogen) atoms. The highest BCUT2D eigenvalue weighted by atomic mass is 19.4. The summed E-state index contributed by atoms with van der Waals surface area (Å²) in [5, 5.41) is 0. The molecule has 0 fully saturated rings. The Hall–Kier alpha value is -2.56. The van der Waals surface area contributed by atoms with Crippen molar-refractivity contribution in [2.45, 2.75) is 12.7 Å². The van der Waals surface area contributed by atoms with Crippen LogP contribution in [0, 0.1) is 0 Å². The Bertz CT molecular complexity index is 831. The highest BCUT2D eigenvalue weighted by Crippen LogP contribution is 2.32. The van der Waals surface area contributed by atoms with Gasteiger partial charge in [-0.3, -0.25) is 0 Å². The lowest BCUT2D eigenvalue weighted by atomic mass is 10.1. The lowest BCUT2D eigenvalue weighted by Gasteiger charge is -2.10. The smallest absolute Gasteiger partial charge is 0.320 e. The van der Waals surface area contributed by atoms with Gasteiger partial charge in [0.25, 0.3) is 0 Å². The molecule has 1 aromatic heterocycles. The summed E-state index contributed by atoms with van der Waals surface area (Å²) in [6.45, 7) is 4.18. The van der Waals surface area contributed by atoms with Gasteiger partial charge in [0.15, 0.2) is 0 Å². The first kappa shape index (κ1) is 14.4. The van der Waals surface area contributed by atoms with E-state index in [0.717, 1.165) is 23.2 Å². The zero-order valence-electron chi connectivity index (χ0n) is 11.6. The number of hydrogen-bond donors (Lipinski definition) is 0. The average molecular weight is 302 g/mol. The van der Waals surface area contributed by atoms with E-state index >= 15 is 0 Å². The summed E-state index contributed by atoms with van der Waals surface area (Å²) >= 11 is 0. The molecule has 2 nitrogen and oxygen atoms in total. The molecular formula is C17H13F3N2. The second kappa shape index (κ2) is 5.33. The second-order valence-corrected chi connectivity index (χ2v) is 4.90. The Balaban J connectivity index is 2.21. The molecule has 0 atom stereocenters. The molecule has 0 bridgehead atoms. The van der Waals surface area contributed by atoms with Crippen LogP contribution in [0.25, 0.3) is 22.4 Å². The first-order chi connectivity index (χ1) is 10.5. The summed E-state index contributed by atoms with van der Waals surface area (Å²) in [6.07, 6.45) is -2.67. The Labute approximate surface area is 125 Å². The van der Waals surface area contributed by atoms with Gasteiger partial charge in [-0.15, -0.1) is 6.58 Å². The van der Waals surface area contributed by atoms with E-state index in [1.807, 2.05) is 28.8 Å². The Morgan fingerprint density at radius 1 is 1.09 bits per heavy atom. The topological polar surface area (TPSA) is 17.8 Å². The quantitative estimate of drug-likeness (QED) is 0.629. The second-order valence-electron chi connectivity index (χ2n) is 4.90. The maximum absolute atomic E-state index is 12.9. The van der Waals surface area contributed by atoms with Crippen LogP contribution in [0.3, 0.4) is 0 Å². The van der Waals surface area contributed by atoms with Crippen LogP contribution >= 0.6 is 0 Å². The number of fused-ring (bicyclic) bond motifs is 1. The number of rotatable bonds is 3. The van der Waals surface area contributed by atoms with Gasteiger partial charge in [0.1, 0.15) is 5.82 Å². The number of imidazole rings is 1. The van der Waals surface area contributed by atoms with Gasteiger partial charge in [0, 0.05) is 12.1 Å². The summed E-state index contributed by atoms with van der Waals surface area (Å²) in [5.74, 6) is 0.507. The van der Waals surface area contributed by atoms with Crippen molar-refractivity contribution < 1.29 is 13.2 Å². The molecule has 0 aliphatic carbocycles. The van der Waals surface area contributed by atoms with Gasteiger partial charge in [-0.25, -0.2) is 4.98 Å². The van der Waals surface area contributed by atoms with E-state index in [9.17, 15) is 13.2 Å². The van der Waals surface area contributed by atoms with Gasteiger partial charge >= 0.3 is 6.18 Å². The molecule has 112 valence electrons. The normalized spacial score (nSPS) is 11.8. The van der Waals surface area contributed by atoms with Gasteiger partial charge in [0.05, 0.1) is 16.6 Å². The fraction of sp³-hybridized carbons (Fsp3) is 0.118. The standard InChI is InChI=1S/C17H13F3N2/c1-2-10-22-15-9-4-3-8-14(15)21-16(22)12-6-5-7-13(11-12)17(18,19)20/h2-9,11H,1,10H2. The van der Waals surface area contributed by atoms with Crippen molar-refractivity contribution in [1.29, 1.82) is 0 Å². The summed E-state index contributed by atoms with van der Waals surface area (Å²) in [7, 11) is 0. The van der Waals surface area contributed by atoms with Crippen molar-refractivity contribution >= 4 is 11.0 Å². The van der Waals surface area contributed by atoms with Crippen LogP contribution < -0.4 is 0 Å². The van der Waals surface area contributed by atoms with E-state index in [1.165, 1.54) is 6.07 Å². The molecule has 0 saturated heterocycles. The third kappa shape index (κ3) is 2.50. The van der Waals surface area contributed by atoms with Gasteiger partial charge in [-0.05, 0) is 24.3 Å². The van der Waals surface area contributed by atoms with E-state index in [2.05, 4.69) is 11.6 Å². The van der Waals surface area contributed by atoms with Crippen molar-refractivity contribution in [3.05, 3.63) is 66.7 Å². The molecule has 0 radical (unpaired) electrons. The molecule has 2 aromatic carbocycles. The number of allylic oxidation sites excluding steroid dienone is 1. The van der Waals surface area contributed by atoms with Crippen LogP contribution in [0.2, 0.25) is 0 Å². The molecule has 0 aliphatic rings. The summed E-state index contributed by atoms with van der Waals surface area (Å²) in [6, 6.07) is 12.7. The average Bonchev–Trinajstić information content (AvgIpc) is 2.86. The number of benzene rings is 2. The number of aromatic nitrogens is 2. The predicted octanol–water partition coefficient (Wildman–Crippen LogP) is 4.91. The van der Waals surface area contributed by atoms with Gasteiger partial charge < -0.3 is 4.57 Å². The maximum Gasteiger partial charge on any atom is 0.416 e. The highest BCUT2D eigenvalue weighted by molar-refractivity contribution is 5.80. The van der Waals surface area contributed by atoms with Crippen molar-refractivity contribution in [3.8, 4) is 11.4 Å². The zero-order chi connectivity index (χ0) is 15.7. The maximum atomic E-state index is 12.9. The van der Waals surface area contributed by atoms with Crippen LogP contribution in [-0.4, -0.2) is 9.55 Å². The van der Waals surface area contributed by atoms with E-state index in [4.69, 9.17) is 0 Å². The van der Waals surface area contributed by atoms with Crippen LogP contribution in [0.4, 0.5) is 13.2 Å². The fourth-order valence-electron chi connectivity index (χ4n) is 2.44. The van der Waals surface area contributed by atoms with Crippen LogP contribution in [-0.2, 0) is 12.7 Å². The number of hydrogen-bond acceptors (Lipinski definition) is 1. The van der Waals surface area contributed by atoms with E-state index < -0.39 is 11.7 Å². The summed E-state index contributed by atoms with van der Waals surface area (Å²) < 4.78 is 40.5. The highest BCUT2D eigenvalue weighted by Gasteiger charge is 2.30. The largest absolute Gasteiger partial charge is 0.416 e. The predicted molar refractivity (Wildman–Crippen MR) is 80.4 cm³/mol. The monoisotopic (exact) mass is 302 g/mol. The lowest BCUT2D eigenvalue weighted by molar-refractivity contribution is -0.137. The molecule has 0 aliphatic heterocycles. The minimum Gasteiger partial charge on any atom is -0.320 e. The van der Waals surface area contributed by atoms with Crippen LogP contribution in [0.5, 0.6) is 0 Å². The molecule has 0 saturated carbocycles. The van der Waals surface area contributed by atoms with E-state index in [1.54, 1.807) is 12.1 Å². The Kier molecular flexibility index (Phi) is 3.48. The van der Waals surface area contributed by atoms with Crippen LogP contribution in [0.1, 0.15) is 5.56 Å². The first-order valence-electron chi connectivity index (χ1n) is 6.74. The zero-order valence-corrected chi connectivity index (χ0v) is 11.6. The molecule has 0 N–H and O–H groups in total. The van der Waals surface area contributed by atoms with Crippen molar-refractivity contribution in [2.75, 3.05) is 0 Å². The lowest BCUT2D eigenvalue weighted by Crippen LogP contribution is -2.05. The molecule has 3 aromatic rings. The van der Waals surface area contributed by atoms with Gasteiger partial charge in [0.2, 0.25) is 0 Å². The molecule has 0 spiro atoms. The number of alkyl halides is 3. The third-order valence-electron chi connectivity index (χ3n) is 3.41. The fourth-order valence-corrected chi connectivity index (χ4v) is 2.44. The van der Waals surface area contributed by atoms with Gasteiger partial charge in [-0.2, -0.15) is 13.2 Å². The SMILES string of the molecule is C=CCn1c(-c2cccc(C(F)(F)F)c2)nc2ccccc21. The number of para-hydroxylation sites is 2. The van der Waals surface area contributed by atoms with E-state index in [0.29, 0.717) is 17.9 Å². The molecule has 0 amide bonds. The van der Waals surface area contributed by atoms with Crippen LogP contribution in [0.15, 0.2) is 61.2 Å². The number of halogens is 3. The Morgan fingerprint density at radius 2 is 1.86 bits per heavy atom. The molecule has 1 heterocycles. The molecule has 3 rings (SSSR count). The van der Waals surface area contributed by atoms with Crippen molar-refractivity contribution in [1.82, 2.24) is 9.55 Å². The summed E-state index contributed by atoms with van der Waals surface area (Å²) in [4.78, 5) is 4.47. The van der Waals surface area contributed by atoms with Crippen molar-refractivity contribution in [2.24, 2.45) is 0 Å². The first-order valence-corrected chi connectivity index (χ1v) is 6.74. The molecular weight excluding hydrogens is 289 g/mol. The third-order valence-corrected chi connectivity index (χ3v) is 3.41. The molecule has 5 heteroatoms. The molecule has 0 unspecified atom stereocenters. The number of nitrogens with zero attached hydrogens (tertiary/aromatic N) is 2. The Morgan fingerprint density at radius 3 is 2.59 bits per heavy atom.